The molecule has 0 spiro atoms. The van der Waals surface area contributed by atoms with Gasteiger partial charge in [0.2, 0.25) is 0 Å². The van der Waals surface area contributed by atoms with E-state index in [0.717, 1.165) is 20.6 Å². The Balaban J connectivity index is 2.35. The average molecular weight is 338 g/mol. The van der Waals surface area contributed by atoms with Crippen LogP contribution in [0.25, 0.3) is 0 Å². The molecule has 0 amide bonds. The minimum absolute atomic E-state index is 0.793. The molecule has 3 heteroatoms. The van der Waals surface area contributed by atoms with Gasteiger partial charge in [0.15, 0.2) is 0 Å². The minimum Gasteiger partial charge on any atom is -0.399 e. The van der Waals surface area contributed by atoms with Crippen molar-refractivity contribution in [2.75, 3.05) is 11.1 Å². The van der Waals surface area contributed by atoms with Crippen LogP contribution in [0.1, 0.15) is 11.1 Å². The Labute approximate surface area is 115 Å². The molecule has 0 fully saturated rings. The van der Waals surface area contributed by atoms with E-state index in [1.807, 2.05) is 18.2 Å². The van der Waals surface area contributed by atoms with Crippen LogP contribution in [0.5, 0.6) is 0 Å². The largest absolute Gasteiger partial charge is 0.399 e. The van der Waals surface area contributed by atoms with Crippen LogP contribution >= 0.6 is 22.6 Å². The number of halogens is 1. The molecule has 2 nitrogen and oxygen atoms in total. The molecule has 2 aromatic carbocycles. The van der Waals surface area contributed by atoms with Gasteiger partial charge in [0.1, 0.15) is 0 Å². The summed E-state index contributed by atoms with van der Waals surface area (Å²) >= 11 is 2.29. The molecule has 17 heavy (non-hydrogen) atoms. The summed E-state index contributed by atoms with van der Waals surface area (Å²) in [7, 11) is 0. The zero-order valence-electron chi connectivity index (χ0n) is 9.92. The fourth-order valence-corrected chi connectivity index (χ4v) is 2.34. The maximum Gasteiger partial charge on any atom is 0.0521 e. The summed E-state index contributed by atoms with van der Waals surface area (Å²) in [6, 6.07) is 12.2. The molecular formula is C14H15IN2. The minimum atomic E-state index is 0.793. The van der Waals surface area contributed by atoms with E-state index in [4.69, 9.17) is 5.73 Å². The molecule has 3 N–H and O–H groups in total. The molecule has 0 aromatic heterocycles. The SMILES string of the molecule is Cc1cccc(Nc2ccc(N)cc2I)c1C. The Morgan fingerprint density at radius 1 is 1.06 bits per heavy atom. The lowest BCUT2D eigenvalue weighted by molar-refractivity contribution is 1.33. The normalized spacial score (nSPS) is 10.3. The Hall–Kier alpha value is -1.23. The van der Waals surface area contributed by atoms with Gasteiger partial charge in [-0.1, -0.05) is 12.1 Å². The summed E-state index contributed by atoms with van der Waals surface area (Å²) in [6.07, 6.45) is 0. The van der Waals surface area contributed by atoms with Crippen molar-refractivity contribution in [2.45, 2.75) is 13.8 Å². The van der Waals surface area contributed by atoms with Gasteiger partial charge in [0, 0.05) is 14.9 Å². The molecule has 2 rings (SSSR count). The van der Waals surface area contributed by atoms with Crippen LogP contribution in [0.15, 0.2) is 36.4 Å². The molecule has 88 valence electrons. The molecule has 0 heterocycles. The molecule has 0 unspecified atom stereocenters. The second kappa shape index (κ2) is 4.96. The Bertz CT molecular complexity index is 550. The molecule has 0 aliphatic rings. The molecule has 0 saturated carbocycles. The Kier molecular flexibility index (Phi) is 3.57. The first kappa shape index (κ1) is 12.2. The van der Waals surface area contributed by atoms with Crippen LogP contribution in [-0.4, -0.2) is 0 Å². The van der Waals surface area contributed by atoms with Crippen molar-refractivity contribution in [1.29, 1.82) is 0 Å². The molecular weight excluding hydrogens is 323 g/mol. The number of hydrogen-bond donors (Lipinski definition) is 2. The lowest BCUT2D eigenvalue weighted by Gasteiger charge is -2.13. The number of nitrogens with two attached hydrogens (primary N) is 1. The van der Waals surface area contributed by atoms with Crippen molar-refractivity contribution in [1.82, 2.24) is 0 Å². The summed E-state index contributed by atoms with van der Waals surface area (Å²) in [4.78, 5) is 0. The van der Waals surface area contributed by atoms with Crippen LogP contribution in [0, 0.1) is 17.4 Å². The highest BCUT2D eigenvalue weighted by atomic mass is 127. The maximum absolute atomic E-state index is 5.74. The van der Waals surface area contributed by atoms with Gasteiger partial charge in [-0.25, -0.2) is 0 Å². The third-order valence-corrected chi connectivity index (χ3v) is 3.76. The molecule has 0 saturated heterocycles. The zero-order valence-corrected chi connectivity index (χ0v) is 12.1. The number of aryl methyl sites for hydroxylation is 1. The molecule has 0 atom stereocenters. The fourth-order valence-electron chi connectivity index (χ4n) is 1.66. The van der Waals surface area contributed by atoms with E-state index >= 15 is 0 Å². The van der Waals surface area contributed by atoms with Gasteiger partial charge in [0.25, 0.3) is 0 Å². The highest BCUT2D eigenvalue weighted by Crippen LogP contribution is 2.27. The third kappa shape index (κ3) is 2.72. The number of rotatable bonds is 2. The summed E-state index contributed by atoms with van der Waals surface area (Å²) in [5, 5.41) is 3.45. The number of nitrogen functional groups attached to an aromatic ring is 1. The molecule has 0 aliphatic heterocycles. The summed E-state index contributed by atoms with van der Waals surface area (Å²) in [5.41, 5.74) is 11.3. The van der Waals surface area contributed by atoms with E-state index in [2.05, 4.69) is 60.0 Å². The monoisotopic (exact) mass is 338 g/mol. The Morgan fingerprint density at radius 2 is 1.82 bits per heavy atom. The molecule has 2 aromatic rings. The van der Waals surface area contributed by atoms with E-state index in [1.165, 1.54) is 11.1 Å². The quantitative estimate of drug-likeness (QED) is 0.635. The predicted octanol–water partition coefficient (Wildman–Crippen LogP) is 4.23. The third-order valence-electron chi connectivity index (χ3n) is 2.87. The van der Waals surface area contributed by atoms with Crippen LogP contribution in [0.2, 0.25) is 0 Å². The van der Waals surface area contributed by atoms with Gasteiger partial charge in [-0.15, -0.1) is 0 Å². The first-order valence-electron chi connectivity index (χ1n) is 5.46. The van der Waals surface area contributed by atoms with E-state index in [9.17, 15) is 0 Å². The first-order valence-corrected chi connectivity index (χ1v) is 6.54. The van der Waals surface area contributed by atoms with E-state index < -0.39 is 0 Å². The molecule has 0 radical (unpaired) electrons. The highest BCUT2D eigenvalue weighted by Gasteiger charge is 2.04. The average Bonchev–Trinajstić information content (AvgIpc) is 2.28. The van der Waals surface area contributed by atoms with Gasteiger partial charge < -0.3 is 11.1 Å². The van der Waals surface area contributed by atoms with Crippen LogP contribution in [-0.2, 0) is 0 Å². The van der Waals surface area contributed by atoms with Gasteiger partial charge in [-0.05, 0) is 71.8 Å². The van der Waals surface area contributed by atoms with E-state index in [1.54, 1.807) is 0 Å². The van der Waals surface area contributed by atoms with Gasteiger partial charge >= 0.3 is 0 Å². The topological polar surface area (TPSA) is 38.0 Å². The van der Waals surface area contributed by atoms with E-state index in [0.29, 0.717) is 0 Å². The summed E-state index contributed by atoms with van der Waals surface area (Å²) < 4.78 is 1.13. The Morgan fingerprint density at radius 3 is 2.53 bits per heavy atom. The van der Waals surface area contributed by atoms with Crippen molar-refractivity contribution in [3.63, 3.8) is 0 Å². The highest BCUT2D eigenvalue weighted by molar-refractivity contribution is 14.1. The van der Waals surface area contributed by atoms with Gasteiger partial charge in [-0.3, -0.25) is 0 Å². The predicted molar refractivity (Wildman–Crippen MR) is 82.8 cm³/mol. The van der Waals surface area contributed by atoms with Crippen LogP contribution in [0.4, 0.5) is 17.1 Å². The van der Waals surface area contributed by atoms with Crippen molar-refractivity contribution < 1.29 is 0 Å². The van der Waals surface area contributed by atoms with Gasteiger partial charge in [-0.2, -0.15) is 0 Å². The van der Waals surface area contributed by atoms with Gasteiger partial charge in [0.05, 0.1) is 5.69 Å². The maximum atomic E-state index is 5.74. The van der Waals surface area contributed by atoms with Crippen molar-refractivity contribution in [3.8, 4) is 0 Å². The standard InChI is InChI=1S/C14H15IN2/c1-9-4-3-5-13(10(9)2)17-14-7-6-11(16)8-12(14)15/h3-8,17H,16H2,1-2H3. The first-order chi connectivity index (χ1) is 8.08. The van der Waals surface area contributed by atoms with Crippen LogP contribution in [0.3, 0.4) is 0 Å². The summed E-state index contributed by atoms with van der Waals surface area (Å²) in [5.74, 6) is 0. The summed E-state index contributed by atoms with van der Waals surface area (Å²) in [6.45, 7) is 4.25. The number of nitrogens with one attached hydrogen (secondary N) is 1. The second-order valence-electron chi connectivity index (χ2n) is 4.11. The number of hydrogen-bond acceptors (Lipinski definition) is 2. The van der Waals surface area contributed by atoms with Crippen molar-refractivity contribution in [2.24, 2.45) is 0 Å². The molecule has 0 aliphatic carbocycles. The number of anilines is 3. The van der Waals surface area contributed by atoms with Crippen molar-refractivity contribution >= 4 is 39.7 Å². The lowest BCUT2D eigenvalue weighted by Crippen LogP contribution is -1.97. The smallest absolute Gasteiger partial charge is 0.0521 e. The van der Waals surface area contributed by atoms with E-state index in [-0.39, 0.29) is 0 Å². The molecule has 0 bridgehead atoms. The second-order valence-corrected chi connectivity index (χ2v) is 5.27. The lowest BCUT2D eigenvalue weighted by atomic mass is 10.1. The number of benzene rings is 2. The van der Waals surface area contributed by atoms with Crippen molar-refractivity contribution in [3.05, 3.63) is 51.1 Å². The van der Waals surface area contributed by atoms with Crippen LogP contribution < -0.4 is 11.1 Å². The fraction of sp³-hybridized carbons (Fsp3) is 0.143. The zero-order chi connectivity index (χ0) is 12.4.